The van der Waals surface area contributed by atoms with Crippen molar-refractivity contribution in [2.24, 2.45) is 5.92 Å². The van der Waals surface area contributed by atoms with E-state index in [9.17, 15) is 9.59 Å². The van der Waals surface area contributed by atoms with Gasteiger partial charge in [-0.25, -0.2) is 4.79 Å². The molecular formula is C26H36N4O2. The van der Waals surface area contributed by atoms with Gasteiger partial charge in [-0.15, -0.1) is 0 Å². The van der Waals surface area contributed by atoms with Gasteiger partial charge in [-0.2, -0.15) is 0 Å². The molecule has 1 atom stereocenters. The lowest BCUT2D eigenvalue weighted by Gasteiger charge is -2.33. The number of benzene rings is 2. The standard InChI is InChI=1S/C26H36N4O2/c1-5-30(19(2)3)24-14-10-22(11-15-24)25(31)29-16-6-7-21(18-29)17-27-26(32)28-23-12-8-20(4)9-13-23/h8-15,19,21H,5-7,16-18H2,1-4H3,(H2,27,28,32). The first-order valence-corrected chi connectivity index (χ1v) is 11.6. The highest BCUT2D eigenvalue weighted by Gasteiger charge is 2.25. The molecule has 3 rings (SSSR count). The van der Waals surface area contributed by atoms with E-state index in [1.807, 2.05) is 60.4 Å². The van der Waals surface area contributed by atoms with Gasteiger partial charge in [0.05, 0.1) is 0 Å². The molecule has 6 nitrogen and oxygen atoms in total. The van der Waals surface area contributed by atoms with Crippen molar-refractivity contribution < 1.29 is 9.59 Å². The third kappa shape index (κ3) is 6.25. The van der Waals surface area contributed by atoms with Crippen molar-refractivity contribution in [1.82, 2.24) is 10.2 Å². The number of anilines is 2. The van der Waals surface area contributed by atoms with Gasteiger partial charge in [-0.05, 0) is 82.9 Å². The molecule has 0 spiro atoms. The van der Waals surface area contributed by atoms with E-state index in [4.69, 9.17) is 0 Å². The van der Waals surface area contributed by atoms with E-state index >= 15 is 0 Å². The fourth-order valence-corrected chi connectivity index (χ4v) is 4.29. The number of aryl methyl sites for hydroxylation is 1. The van der Waals surface area contributed by atoms with E-state index in [1.165, 1.54) is 0 Å². The average Bonchev–Trinajstić information content (AvgIpc) is 2.80. The number of carbonyl (C=O) groups excluding carboxylic acids is 2. The summed E-state index contributed by atoms with van der Waals surface area (Å²) in [4.78, 5) is 29.5. The van der Waals surface area contributed by atoms with Crippen LogP contribution in [0.25, 0.3) is 0 Å². The van der Waals surface area contributed by atoms with Gasteiger partial charge in [-0.1, -0.05) is 17.7 Å². The summed E-state index contributed by atoms with van der Waals surface area (Å²) >= 11 is 0. The summed E-state index contributed by atoms with van der Waals surface area (Å²) in [6, 6.07) is 15.9. The smallest absolute Gasteiger partial charge is 0.319 e. The van der Waals surface area contributed by atoms with Crippen LogP contribution in [0, 0.1) is 12.8 Å². The molecule has 1 saturated heterocycles. The summed E-state index contributed by atoms with van der Waals surface area (Å²) in [6.45, 7) is 11.4. The van der Waals surface area contributed by atoms with Crippen LogP contribution in [0.3, 0.4) is 0 Å². The van der Waals surface area contributed by atoms with Gasteiger partial charge in [0, 0.05) is 49.2 Å². The second-order valence-electron chi connectivity index (χ2n) is 8.89. The van der Waals surface area contributed by atoms with Crippen LogP contribution in [-0.4, -0.2) is 49.1 Å². The Bertz CT molecular complexity index is 893. The molecule has 1 heterocycles. The molecule has 1 fully saturated rings. The van der Waals surface area contributed by atoms with Crippen LogP contribution in [0.4, 0.5) is 16.2 Å². The zero-order chi connectivity index (χ0) is 23.1. The maximum atomic E-state index is 13.0. The van der Waals surface area contributed by atoms with Crippen molar-refractivity contribution in [3.05, 3.63) is 59.7 Å². The number of urea groups is 1. The SMILES string of the molecule is CCN(c1ccc(C(=O)N2CCCC(CNC(=O)Nc3ccc(C)cc3)C2)cc1)C(C)C. The number of amides is 3. The summed E-state index contributed by atoms with van der Waals surface area (Å²) < 4.78 is 0. The minimum absolute atomic E-state index is 0.0675. The normalized spacial score (nSPS) is 16.0. The van der Waals surface area contributed by atoms with E-state index < -0.39 is 0 Å². The van der Waals surface area contributed by atoms with Gasteiger partial charge in [-0.3, -0.25) is 4.79 Å². The van der Waals surface area contributed by atoms with Gasteiger partial charge in [0.25, 0.3) is 5.91 Å². The molecular weight excluding hydrogens is 400 g/mol. The van der Waals surface area contributed by atoms with Gasteiger partial charge in [0.2, 0.25) is 0 Å². The lowest BCUT2D eigenvalue weighted by atomic mass is 9.97. The predicted molar refractivity (Wildman–Crippen MR) is 131 cm³/mol. The number of rotatable bonds is 7. The van der Waals surface area contributed by atoms with Crippen LogP contribution in [-0.2, 0) is 0 Å². The second kappa shape index (κ2) is 11.0. The summed E-state index contributed by atoms with van der Waals surface area (Å²) in [6.07, 6.45) is 1.96. The fourth-order valence-electron chi connectivity index (χ4n) is 4.29. The van der Waals surface area contributed by atoms with E-state index in [2.05, 4.69) is 36.3 Å². The molecule has 1 aliphatic heterocycles. The van der Waals surface area contributed by atoms with Gasteiger partial charge in [0.1, 0.15) is 0 Å². The number of carbonyl (C=O) groups is 2. The quantitative estimate of drug-likeness (QED) is 0.649. The van der Waals surface area contributed by atoms with Crippen molar-refractivity contribution in [2.45, 2.75) is 46.6 Å². The molecule has 2 aromatic rings. The van der Waals surface area contributed by atoms with E-state index in [1.54, 1.807) is 0 Å². The Hall–Kier alpha value is -3.02. The highest BCUT2D eigenvalue weighted by atomic mass is 16.2. The van der Waals surface area contributed by atoms with Crippen LogP contribution in [0.15, 0.2) is 48.5 Å². The predicted octanol–water partition coefficient (Wildman–Crippen LogP) is 4.90. The number of likely N-dealkylation sites (tertiary alicyclic amines) is 1. The van der Waals surface area contributed by atoms with Crippen LogP contribution in [0.2, 0.25) is 0 Å². The number of nitrogens with one attached hydrogen (secondary N) is 2. The topological polar surface area (TPSA) is 64.7 Å². The third-order valence-corrected chi connectivity index (χ3v) is 6.08. The molecule has 2 aromatic carbocycles. The summed E-state index contributed by atoms with van der Waals surface area (Å²) in [7, 11) is 0. The third-order valence-electron chi connectivity index (χ3n) is 6.08. The Kier molecular flexibility index (Phi) is 8.14. The van der Waals surface area contributed by atoms with Crippen LogP contribution in [0.5, 0.6) is 0 Å². The van der Waals surface area contributed by atoms with Gasteiger partial charge >= 0.3 is 6.03 Å². The van der Waals surface area contributed by atoms with Gasteiger partial charge < -0.3 is 20.4 Å². The second-order valence-corrected chi connectivity index (χ2v) is 8.89. The minimum Gasteiger partial charge on any atom is -0.369 e. The first-order chi connectivity index (χ1) is 15.4. The molecule has 172 valence electrons. The molecule has 32 heavy (non-hydrogen) atoms. The van der Waals surface area contributed by atoms with Crippen molar-refractivity contribution in [3.8, 4) is 0 Å². The first-order valence-electron chi connectivity index (χ1n) is 11.6. The van der Waals surface area contributed by atoms with Crippen molar-refractivity contribution in [1.29, 1.82) is 0 Å². The van der Waals surface area contributed by atoms with E-state index in [-0.39, 0.29) is 17.9 Å². The van der Waals surface area contributed by atoms with Crippen molar-refractivity contribution >= 4 is 23.3 Å². The highest BCUT2D eigenvalue weighted by Crippen LogP contribution is 2.21. The Morgan fingerprint density at radius 1 is 1.09 bits per heavy atom. The summed E-state index contributed by atoms with van der Waals surface area (Å²) in [5.74, 6) is 0.324. The molecule has 0 aromatic heterocycles. The molecule has 0 saturated carbocycles. The van der Waals surface area contributed by atoms with Crippen LogP contribution in [0.1, 0.15) is 49.5 Å². The van der Waals surface area contributed by atoms with E-state index in [0.29, 0.717) is 19.1 Å². The number of hydrogen-bond donors (Lipinski definition) is 2. The average molecular weight is 437 g/mol. The molecule has 1 aliphatic rings. The summed E-state index contributed by atoms with van der Waals surface area (Å²) in [5, 5.41) is 5.82. The Morgan fingerprint density at radius 2 is 1.78 bits per heavy atom. The lowest BCUT2D eigenvalue weighted by molar-refractivity contribution is 0.0675. The first kappa shape index (κ1) is 23.6. The monoisotopic (exact) mass is 436 g/mol. The zero-order valence-electron chi connectivity index (χ0n) is 19.7. The molecule has 0 aliphatic carbocycles. The maximum absolute atomic E-state index is 13.0. The lowest BCUT2D eigenvalue weighted by Crippen LogP contribution is -2.44. The number of nitrogens with zero attached hydrogens (tertiary/aromatic N) is 2. The molecule has 0 radical (unpaired) electrons. The zero-order valence-corrected chi connectivity index (χ0v) is 19.7. The summed E-state index contributed by atoms with van der Waals surface area (Å²) in [5.41, 5.74) is 3.79. The van der Waals surface area contributed by atoms with Crippen molar-refractivity contribution in [2.75, 3.05) is 36.4 Å². The highest BCUT2D eigenvalue weighted by molar-refractivity contribution is 5.94. The van der Waals surface area contributed by atoms with Crippen LogP contribution < -0.4 is 15.5 Å². The molecule has 0 bridgehead atoms. The van der Waals surface area contributed by atoms with Crippen LogP contribution >= 0.6 is 0 Å². The Morgan fingerprint density at radius 3 is 2.41 bits per heavy atom. The fraction of sp³-hybridized carbons (Fsp3) is 0.462. The number of piperidine rings is 1. The Balaban J connectivity index is 1.52. The van der Waals surface area contributed by atoms with Crippen molar-refractivity contribution in [3.63, 3.8) is 0 Å². The molecule has 1 unspecified atom stereocenters. The Labute approximate surface area is 192 Å². The minimum atomic E-state index is -0.210. The van der Waals surface area contributed by atoms with E-state index in [0.717, 1.165) is 48.4 Å². The van der Waals surface area contributed by atoms with Gasteiger partial charge in [0.15, 0.2) is 0 Å². The molecule has 3 amide bonds. The largest absolute Gasteiger partial charge is 0.369 e. The number of hydrogen-bond acceptors (Lipinski definition) is 3. The maximum Gasteiger partial charge on any atom is 0.319 e. The molecule has 6 heteroatoms. The molecule has 2 N–H and O–H groups in total.